The van der Waals surface area contributed by atoms with Gasteiger partial charge in [-0.05, 0) is 24.1 Å². The van der Waals surface area contributed by atoms with Crippen molar-refractivity contribution in [3.8, 4) is 0 Å². The van der Waals surface area contributed by atoms with Crippen LogP contribution in [-0.4, -0.2) is 23.2 Å². The van der Waals surface area contributed by atoms with E-state index in [1.807, 2.05) is 13.0 Å². The van der Waals surface area contributed by atoms with Crippen molar-refractivity contribution < 1.29 is 17.6 Å². The number of nitrogens with zero attached hydrogens (tertiary/aromatic N) is 2. The Balaban J connectivity index is 2.03. The zero-order valence-corrected chi connectivity index (χ0v) is 16.6. The molecule has 0 bridgehead atoms. The summed E-state index contributed by atoms with van der Waals surface area (Å²) in [6.07, 6.45) is 1.53. The first-order valence-electron chi connectivity index (χ1n) is 9.03. The first-order chi connectivity index (χ1) is 13.3. The molecule has 0 radical (unpaired) electrons. The Kier molecular flexibility index (Phi) is 5.69. The summed E-state index contributed by atoms with van der Waals surface area (Å²) in [5.74, 6) is -1.04. The number of aryl methyl sites for hydroxylation is 1. The molecule has 0 fully saturated rings. The number of carbonyl (C=O) groups is 1. The molecule has 0 saturated carbocycles. The molecule has 8 heteroatoms. The summed E-state index contributed by atoms with van der Waals surface area (Å²) >= 11 is 0. The highest BCUT2D eigenvalue weighted by Crippen LogP contribution is 2.24. The van der Waals surface area contributed by atoms with E-state index in [2.05, 4.69) is 0 Å². The van der Waals surface area contributed by atoms with Gasteiger partial charge in [0.2, 0.25) is 5.91 Å². The molecule has 0 N–H and O–H groups in total. The van der Waals surface area contributed by atoms with Gasteiger partial charge in [-0.3, -0.25) is 9.36 Å². The normalized spacial score (nSPS) is 11.6. The summed E-state index contributed by atoms with van der Waals surface area (Å²) in [6, 6.07) is 13.1. The average molecular weight is 402 g/mol. The Morgan fingerprint density at radius 1 is 1.14 bits per heavy atom. The second-order valence-corrected chi connectivity index (χ2v) is 8.41. The molecule has 3 rings (SSSR count). The average Bonchev–Trinajstić information content (AvgIpc) is 2.98. The number of unbranched alkanes of at least 4 members (excludes halogenated alkanes) is 1. The van der Waals surface area contributed by atoms with E-state index in [0.717, 1.165) is 10.7 Å². The van der Waals surface area contributed by atoms with Crippen LogP contribution in [0.2, 0.25) is 0 Å². The van der Waals surface area contributed by atoms with Gasteiger partial charge in [0.15, 0.2) is 5.58 Å². The minimum Gasteiger partial charge on any atom is -0.408 e. The van der Waals surface area contributed by atoms with Gasteiger partial charge in [0.25, 0.3) is 10.0 Å². The van der Waals surface area contributed by atoms with Crippen molar-refractivity contribution in [2.75, 3.05) is 0 Å². The molecule has 28 heavy (non-hydrogen) atoms. The molecule has 3 aromatic rings. The molecule has 0 unspecified atom stereocenters. The predicted molar refractivity (Wildman–Crippen MR) is 105 cm³/mol. The summed E-state index contributed by atoms with van der Waals surface area (Å²) in [5, 5.41) is 0. The Labute approximate surface area is 163 Å². The van der Waals surface area contributed by atoms with Gasteiger partial charge < -0.3 is 4.42 Å². The Morgan fingerprint density at radius 2 is 1.86 bits per heavy atom. The molecule has 1 amide bonds. The number of benzene rings is 2. The maximum atomic E-state index is 13.3. The molecule has 0 aliphatic carbocycles. The standard InChI is InChI=1S/C20H22N2O5S/c1-3-4-10-19(23)22(14-15-8-6-5-7-9-15)28(25,26)16-11-12-17-18(13-16)27-20(24)21(17)2/h5-9,11-13H,3-4,10,14H2,1-2H3. The molecule has 0 aliphatic rings. The van der Waals surface area contributed by atoms with Crippen LogP contribution < -0.4 is 5.76 Å². The summed E-state index contributed by atoms with van der Waals surface area (Å²) in [6.45, 7) is 1.89. The maximum Gasteiger partial charge on any atom is 0.419 e. The number of oxazole rings is 1. The van der Waals surface area contributed by atoms with E-state index < -0.39 is 21.7 Å². The molecule has 148 valence electrons. The minimum atomic E-state index is -4.11. The van der Waals surface area contributed by atoms with Crippen molar-refractivity contribution in [3.63, 3.8) is 0 Å². The van der Waals surface area contributed by atoms with Gasteiger partial charge in [-0.1, -0.05) is 43.7 Å². The van der Waals surface area contributed by atoms with E-state index in [1.165, 1.54) is 22.8 Å². The predicted octanol–water partition coefficient (Wildman–Crippen LogP) is 3.04. The number of aromatic nitrogens is 1. The third-order valence-corrected chi connectivity index (χ3v) is 6.31. The molecule has 2 aromatic carbocycles. The fraction of sp³-hybridized carbons (Fsp3) is 0.300. The lowest BCUT2D eigenvalue weighted by Crippen LogP contribution is -2.36. The SMILES string of the molecule is CCCCC(=O)N(Cc1ccccc1)S(=O)(=O)c1ccc2c(c1)oc(=O)n2C. The van der Waals surface area contributed by atoms with Gasteiger partial charge in [-0.2, -0.15) is 0 Å². The van der Waals surface area contributed by atoms with Gasteiger partial charge >= 0.3 is 5.76 Å². The first-order valence-corrected chi connectivity index (χ1v) is 10.5. The fourth-order valence-corrected chi connectivity index (χ4v) is 4.34. The molecule has 0 atom stereocenters. The molecule has 1 heterocycles. The number of rotatable bonds is 7. The summed E-state index contributed by atoms with van der Waals surface area (Å²) in [7, 11) is -2.57. The lowest BCUT2D eigenvalue weighted by atomic mass is 10.2. The van der Waals surface area contributed by atoms with Crippen LogP contribution in [0.1, 0.15) is 31.7 Å². The molecule has 1 aromatic heterocycles. The van der Waals surface area contributed by atoms with E-state index in [-0.39, 0.29) is 23.4 Å². The van der Waals surface area contributed by atoms with Crippen molar-refractivity contribution in [1.29, 1.82) is 0 Å². The molecule has 0 saturated heterocycles. The van der Waals surface area contributed by atoms with Crippen LogP contribution in [0.15, 0.2) is 62.6 Å². The van der Waals surface area contributed by atoms with Gasteiger partial charge in [-0.25, -0.2) is 17.5 Å². The second-order valence-electron chi connectivity index (χ2n) is 6.55. The lowest BCUT2D eigenvalue weighted by Gasteiger charge is -2.23. The highest BCUT2D eigenvalue weighted by atomic mass is 32.2. The van der Waals surface area contributed by atoms with Crippen LogP contribution >= 0.6 is 0 Å². The first kappa shape index (κ1) is 19.9. The van der Waals surface area contributed by atoms with Crippen LogP contribution in [-0.2, 0) is 28.4 Å². The lowest BCUT2D eigenvalue weighted by molar-refractivity contribution is -0.127. The summed E-state index contributed by atoms with van der Waals surface area (Å²) in [5.41, 5.74) is 1.35. The minimum absolute atomic E-state index is 0.0531. The van der Waals surface area contributed by atoms with Crippen molar-refractivity contribution >= 4 is 27.0 Å². The summed E-state index contributed by atoms with van der Waals surface area (Å²) < 4.78 is 33.8. The van der Waals surface area contributed by atoms with Gasteiger partial charge in [0.1, 0.15) is 0 Å². The quantitative estimate of drug-likeness (QED) is 0.606. The van der Waals surface area contributed by atoms with Crippen LogP contribution in [0.25, 0.3) is 11.1 Å². The monoisotopic (exact) mass is 402 g/mol. The fourth-order valence-electron chi connectivity index (χ4n) is 2.91. The van der Waals surface area contributed by atoms with Gasteiger partial charge in [-0.15, -0.1) is 0 Å². The Hall–Kier alpha value is -2.87. The van der Waals surface area contributed by atoms with Gasteiger partial charge in [0, 0.05) is 19.5 Å². The van der Waals surface area contributed by atoms with Crippen molar-refractivity contribution in [2.24, 2.45) is 7.05 Å². The van der Waals surface area contributed by atoms with E-state index in [4.69, 9.17) is 4.42 Å². The number of hydrogen-bond acceptors (Lipinski definition) is 5. The molecule has 0 aliphatic heterocycles. The van der Waals surface area contributed by atoms with Crippen molar-refractivity contribution in [3.05, 3.63) is 64.6 Å². The number of fused-ring (bicyclic) bond motifs is 1. The van der Waals surface area contributed by atoms with Crippen molar-refractivity contribution in [1.82, 2.24) is 8.87 Å². The van der Waals surface area contributed by atoms with Crippen LogP contribution in [0, 0.1) is 0 Å². The zero-order chi connectivity index (χ0) is 20.3. The number of sulfonamides is 1. The van der Waals surface area contributed by atoms with Crippen LogP contribution in [0.4, 0.5) is 0 Å². The third kappa shape index (κ3) is 3.87. The van der Waals surface area contributed by atoms with E-state index in [0.29, 0.717) is 17.5 Å². The van der Waals surface area contributed by atoms with Crippen LogP contribution in [0.3, 0.4) is 0 Å². The largest absolute Gasteiger partial charge is 0.419 e. The number of carbonyl (C=O) groups excluding carboxylic acids is 1. The Bertz CT molecular complexity index is 1150. The Morgan fingerprint density at radius 3 is 2.54 bits per heavy atom. The molecular weight excluding hydrogens is 380 g/mol. The zero-order valence-electron chi connectivity index (χ0n) is 15.8. The smallest absolute Gasteiger partial charge is 0.408 e. The number of hydrogen-bond donors (Lipinski definition) is 0. The third-order valence-electron chi connectivity index (χ3n) is 4.54. The molecule has 7 nitrogen and oxygen atoms in total. The topological polar surface area (TPSA) is 89.6 Å². The van der Waals surface area contributed by atoms with Crippen LogP contribution in [0.5, 0.6) is 0 Å². The number of amides is 1. The highest BCUT2D eigenvalue weighted by molar-refractivity contribution is 7.89. The van der Waals surface area contributed by atoms with Crippen molar-refractivity contribution in [2.45, 2.75) is 37.6 Å². The molecular formula is C20H22N2O5S. The summed E-state index contributed by atoms with van der Waals surface area (Å²) in [4.78, 5) is 24.3. The van der Waals surface area contributed by atoms with E-state index in [9.17, 15) is 18.0 Å². The molecule has 0 spiro atoms. The van der Waals surface area contributed by atoms with Gasteiger partial charge in [0.05, 0.1) is 17.0 Å². The second kappa shape index (κ2) is 8.02. The van der Waals surface area contributed by atoms with E-state index >= 15 is 0 Å². The van der Waals surface area contributed by atoms with E-state index in [1.54, 1.807) is 31.3 Å². The highest BCUT2D eigenvalue weighted by Gasteiger charge is 2.29. The maximum absolute atomic E-state index is 13.3.